The van der Waals surface area contributed by atoms with Crippen LogP contribution >= 0.6 is 0 Å². The van der Waals surface area contributed by atoms with E-state index in [2.05, 4.69) is 0 Å². The SMILES string of the molecule is COc1ccc(C(=O)CC(c2ccc(OC(C)(C)C)cc2)S(=O)(=O)c2ccccc2)cc1. The van der Waals surface area contributed by atoms with Crippen LogP contribution in [0.4, 0.5) is 0 Å². The van der Waals surface area contributed by atoms with Crippen molar-refractivity contribution in [2.24, 2.45) is 0 Å². The Morgan fingerprint density at radius 1 is 0.844 bits per heavy atom. The minimum absolute atomic E-state index is 0.178. The van der Waals surface area contributed by atoms with E-state index in [9.17, 15) is 13.2 Å². The van der Waals surface area contributed by atoms with Crippen LogP contribution in [-0.4, -0.2) is 26.9 Å². The molecule has 5 nitrogen and oxygen atoms in total. The van der Waals surface area contributed by atoms with Crippen molar-refractivity contribution in [2.75, 3.05) is 7.11 Å². The van der Waals surface area contributed by atoms with E-state index < -0.39 is 15.1 Å². The molecule has 0 N–H and O–H groups in total. The van der Waals surface area contributed by atoms with Gasteiger partial charge >= 0.3 is 0 Å². The molecule has 0 amide bonds. The molecule has 0 aliphatic carbocycles. The molecule has 0 spiro atoms. The van der Waals surface area contributed by atoms with Crippen LogP contribution in [0.15, 0.2) is 83.8 Å². The summed E-state index contributed by atoms with van der Waals surface area (Å²) in [6.07, 6.45) is -0.178. The highest BCUT2D eigenvalue weighted by Crippen LogP contribution is 2.34. The van der Waals surface area contributed by atoms with Gasteiger partial charge in [0.05, 0.1) is 17.3 Å². The molecule has 0 radical (unpaired) electrons. The average molecular weight is 453 g/mol. The first-order chi connectivity index (χ1) is 15.1. The Balaban J connectivity index is 1.97. The number of rotatable bonds is 8. The largest absolute Gasteiger partial charge is 0.497 e. The molecule has 0 heterocycles. The van der Waals surface area contributed by atoms with Gasteiger partial charge in [-0.3, -0.25) is 4.79 Å². The van der Waals surface area contributed by atoms with E-state index in [4.69, 9.17) is 9.47 Å². The second-order valence-electron chi connectivity index (χ2n) is 8.49. The number of carbonyl (C=O) groups is 1. The minimum atomic E-state index is -3.80. The van der Waals surface area contributed by atoms with Crippen LogP contribution in [0.1, 0.15) is 48.4 Å². The third-order valence-electron chi connectivity index (χ3n) is 4.91. The first kappa shape index (κ1) is 23.5. The Morgan fingerprint density at radius 3 is 1.94 bits per heavy atom. The van der Waals surface area contributed by atoms with Crippen LogP contribution in [0.2, 0.25) is 0 Å². The number of ether oxygens (including phenoxy) is 2. The maximum absolute atomic E-state index is 13.5. The summed E-state index contributed by atoms with van der Waals surface area (Å²) < 4.78 is 38.0. The molecule has 32 heavy (non-hydrogen) atoms. The molecule has 0 saturated heterocycles. The van der Waals surface area contributed by atoms with Crippen molar-refractivity contribution in [3.63, 3.8) is 0 Å². The number of hydrogen-bond acceptors (Lipinski definition) is 5. The molecular weight excluding hydrogens is 424 g/mol. The third kappa shape index (κ3) is 5.77. The first-order valence-corrected chi connectivity index (χ1v) is 11.9. The van der Waals surface area contributed by atoms with Gasteiger partial charge in [-0.25, -0.2) is 8.42 Å². The summed E-state index contributed by atoms with van der Waals surface area (Å²) in [5.41, 5.74) is 0.602. The number of Topliss-reactive ketones (excluding diaryl/α,β-unsaturated/α-hetero) is 1. The summed E-state index contributed by atoms with van der Waals surface area (Å²) >= 11 is 0. The molecule has 1 atom stereocenters. The Morgan fingerprint density at radius 2 is 1.41 bits per heavy atom. The third-order valence-corrected chi connectivity index (χ3v) is 7.02. The second kappa shape index (κ2) is 9.57. The van der Waals surface area contributed by atoms with E-state index in [0.29, 0.717) is 22.6 Å². The fourth-order valence-corrected chi connectivity index (χ4v) is 5.10. The minimum Gasteiger partial charge on any atom is -0.497 e. The number of benzene rings is 3. The number of hydrogen-bond donors (Lipinski definition) is 0. The monoisotopic (exact) mass is 452 g/mol. The molecule has 0 saturated carbocycles. The summed E-state index contributed by atoms with van der Waals surface area (Å²) in [5, 5.41) is -1.02. The molecule has 0 fully saturated rings. The van der Waals surface area contributed by atoms with Gasteiger partial charge in [-0.15, -0.1) is 0 Å². The zero-order valence-electron chi connectivity index (χ0n) is 18.7. The molecule has 168 valence electrons. The van der Waals surface area contributed by atoms with Gasteiger partial charge in [0, 0.05) is 12.0 Å². The Labute approximate surface area is 189 Å². The van der Waals surface area contributed by atoms with E-state index in [1.165, 1.54) is 0 Å². The molecule has 0 bridgehead atoms. The predicted molar refractivity (Wildman–Crippen MR) is 125 cm³/mol. The van der Waals surface area contributed by atoms with Crippen molar-refractivity contribution >= 4 is 15.6 Å². The quantitative estimate of drug-likeness (QED) is 0.413. The van der Waals surface area contributed by atoms with Gasteiger partial charge in [0.25, 0.3) is 0 Å². The van der Waals surface area contributed by atoms with Gasteiger partial charge < -0.3 is 9.47 Å². The lowest BCUT2D eigenvalue weighted by Gasteiger charge is -2.22. The Hall–Kier alpha value is -3.12. The van der Waals surface area contributed by atoms with Crippen molar-refractivity contribution in [3.8, 4) is 11.5 Å². The summed E-state index contributed by atoms with van der Waals surface area (Å²) in [5.74, 6) is 1.01. The number of carbonyl (C=O) groups excluding carboxylic acids is 1. The molecule has 3 aromatic carbocycles. The second-order valence-corrected chi connectivity index (χ2v) is 10.6. The summed E-state index contributed by atoms with van der Waals surface area (Å²) in [7, 11) is -2.26. The van der Waals surface area contributed by atoms with Gasteiger partial charge in [-0.2, -0.15) is 0 Å². The van der Waals surface area contributed by atoms with E-state index in [-0.39, 0.29) is 22.7 Å². The van der Waals surface area contributed by atoms with E-state index in [0.717, 1.165) is 0 Å². The van der Waals surface area contributed by atoms with Crippen LogP contribution in [0.3, 0.4) is 0 Å². The zero-order chi connectivity index (χ0) is 23.4. The summed E-state index contributed by atoms with van der Waals surface area (Å²) in [6.45, 7) is 5.82. The predicted octanol–water partition coefficient (Wildman–Crippen LogP) is 5.66. The van der Waals surface area contributed by atoms with Gasteiger partial charge in [-0.05, 0) is 74.9 Å². The lowest BCUT2D eigenvalue weighted by molar-refractivity contribution is 0.0980. The maximum atomic E-state index is 13.5. The van der Waals surface area contributed by atoms with Crippen molar-refractivity contribution in [2.45, 2.75) is 42.9 Å². The average Bonchev–Trinajstić information content (AvgIpc) is 2.77. The lowest BCUT2D eigenvalue weighted by atomic mass is 10.0. The Kier molecular flexibility index (Phi) is 7.04. The highest BCUT2D eigenvalue weighted by atomic mass is 32.2. The number of methoxy groups -OCH3 is 1. The Bertz CT molecular complexity index is 1140. The molecular formula is C26H28O5S. The molecule has 1 unspecified atom stereocenters. The van der Waals surface area contributed by atoms with Crippen LogP contribution in [0.5, 0.6) is 11.5 Å². The fraction of sp³-hybridized carbons (Fsp3) is 0.269. The molecule has 3 rings (SSSR count). The smallest absolute Gasteiger partial charge is 0.185 e. The van der Waals surface area contributed by atoms with Gasteiger partial charge in [-0.1, -0.05) is 30.3 Å². The maximum Gasteiger partial charge on any atom is 0.185 e. The van der Waals surface area contributed by atoms with E-state index in [1.807, 2.05) is 20.8 Å². The highest BCUT2D eigenvalue weighted by molar-refractivity contribution is 7.91. The lowest BCUT2D eigenvalue weighted by Crippen LogP contribution is -2.23. The normalized spacial score (nSPS) is 12.8. The van der Waals surface area contributed by atoms with E-state index >= 15 is 0 Å². The van der Waals surface area contributed by atoms with Gasteiger partial charge in [0.15, 0.2) is 15.6 Å². The van der Waals surface area contributed by atoms with Crippen molar-refractivity contribution in [3.05, 3.63) is 90.0 Å². The first-order valence-electron chi connectivity index (χ1n) is 10.4. The standard InChI is InChI=1S/C26H28O5S/c1-26(2,3)31-22-16-12-20(13-17-22)25(32(28,29)23-8-6-5-7-9-23)18-24(27)19-10-14-21(30-4)15-11-19/h5-17,25H,18H2,1-4H3. The molecule has 0 aliphatic rings. The van der Waals surface area contributed by atoms with Gasteiger partial charge in [0.1, 0.15) is 17.1 Å². The molecule has 3 aromatic rings. The van der Waals surface area contributed by atoms with Crippen molar-refractivity contribution in [1.29, 1.82) is 0 Å². The van der Waals surface area contributed by atoms with Crippen molar-refractivity contribution < 1.29 is 22.7 Å². The molecule has 0 aliphatic heterocycles. The molecule has 6 heteroatoms. The van der Waals surface area contributed by atoms with Gasteiger partial charge in [0.2, 0.25) is 0 Å². The number of ketones is 1. The van der Waals surface area contributed by atoms with E-state index in [1.54, 1.807) is 86.0 Å². The fourth-order valence-electron chi connectivity index (χ4n) is 3.35. The zero-order valence-corrected chi connectivity index (χ0v) is 19.6. The van der Waals surface area contributed by atoms with Crippen molar-refractivity contribution in [1.82, 2.24) is 0 Å². The summed E-state index contributed by atoms with van der Waals surface area (Å²) in [6, 6.07) is 21.8. The van der Waals surface area contributed by atoms with Crippen LogP contribution < -0.4 is 9.47 Å². The summed E-state index contributed by atoms with van der Waals surface area (Å²) in [4.78, 5) is 13.2. The van der Waals surface area contributed by atoms with Crippen LogP contribution in [-0.2, 0) is 9.84 Å². The highest BCUT2D eigenvalue weighted by Gasteiger charge is 2.31. The van der Waals surface area contributed by atoms with Crippen LogP contribution in [0.25, 0.3) is 0 Å². The molecule has 0 aromatic heterocycles. The topological polar surface area (TPSA) is 69.7 Å². The number of sulfone groups is 1. The van der Waals surface area contributed by atoms with Crippen LogP contribution in [0, 0.1) is 0 Å².